The normalized spacial score (nSPS) is 11.1. The second kappa shape index (κ2) is 4.76. The van der Waals surface area contributed by atoms with Gasteiger partial charge in [-0.05, 0) is 13.8 Å². The fourth-order valence-electron chi connectivity index (χ4n) is 2.33. The molecule has 1 N–H and O–H groups in total. The van der Waals surface area contributed by atoms with Crippen LogP contribution in [0.4, 0.5) is 0 Å². The number of fused-ring (bicyclic) bond motifs is 1. The van der Waals surface area contributed by atoms with Gasteiger partial charge in [-0.15, -0.1) is 11.3 Å². The summed E-state index contributed by atoms with van der Waals surface area (Å²) < 4.78 is 1.94. The van der Waals surface area contributed by atoms with Crippen LogP contribution in [0.1, 0.15) is 17.0 Å². The van der Waals surface area contributed by atoms with Crippen molar-refractivity contribution in [2.45, 2.75) is 20.3 Å². The Hall–Kier alpha value is -2.14. The van der Waals surface area contributed by atoms with Gasteiger partial charge in [-0.2, -0.15) is 0 Å². The molecule has 20 heavy (non-hydrogen) atoms. The predicted molar refractivity (Wildman–Crippen MR) is 79.3 cm³/mol. The summed E-state index contributed by atoms with van der Waals surface area (Å²) in [6, 6.07) is 8.21. The third kappa shape index (κ3) is 2.10. The van der Waals surface area contributed by atoms with Crippen molar-refractivity contribution in [3.05, 3.63) is 46.6 Å². The summed E-state index contributed by atoms with van der Waals surface area (Å²) >= 11 is 1.48. The topological polar surface area (TPSA) is 54.6 Å². The highest BCUT2D eigenvalue weighted by Crippen LogP contribution is 2.28. The minimum absolute atomic E-state index is 0.0184. The number of carbonyl (C=O) groups is 1. The first-order valence-corrected chi connectivity index (χ1v) is 7.18. The number of carboxylic acids is 1. The molecule has 3 aromatic rings. The number of benzene rings is 1. The number of aliphatic carboxylic acids is 1. The number of thiazole rings is 1. The molecule has 0 atom stereocenters. The maximum atomic E-state index is 10.9. The maximum Gasteiger partial charge on any atom is 0.309 e. The molecule has 4 nitrogen and oxygen atoms in total. The Morgan fingerprint density at radius 2 is 2.00 bits per heavy atom. The molecule has 0 aliphatic carbocycles. The second-order valence-corrected chi connectivity index (χ2v) is 5.66. The Morgan fingerprint density at radius 1 is 1.30 bits per heavy atom. The number of imidazole rings is 1. The third-order valence-electron chi connectivity index (χ3n) is 3.32. The van der Waals surface area contributed by atoms with E-state index in [2.05, 4.69) is 17.1 Å². The van der Waals surface area contributed by atoms with E-state index < -0.39 is 5.97 Å². The van der Waals surface area contributed by atoms with Crippen LogP contribution in [0.15, 0.2) is 29.6 Å². The van der Waals surface area contributed by atoms with Crippen molar-refractivity contribution >= 4 is 22.3 Å². The van der Waals surface area contributed by atoms with E-state index >= 15 is 0 Å². The summed E-state index contributed by atoms with van der Waals surface area (Å²) in [6.45, 7) is 4.03. The summed E-state index contributed by atoms with van der Waals surface area (Å²) in [5.41, 5.74) is 4.95. The van der Waals surface area contributed by atoms with Gasteiger partial charge in [-0.3, -0.25) is 9.20 Å². The van der Waals surface area contributed by atoms with Crippen molar-refractivity contribution in [2.24, 2.45) is 0 Å². The molecule has 2 aromatic heterocycles. The molecule has 0 saturated heterocycles. The standard InChI is InChI=1S/C15H14N2O2S/c1-9-3-5-11(6-4-9)14-10(2)17-12(7-13(18)19)8-20-15(17)16-14/h3-6,8H,7H2,1-2H3,(H,18,19). The molecule has 0 fully saturated rings. The quantitative estimate of drug-likeness (QED) is 0.803. The Bertz CT molecular complexity index is 784. The zero-order chi connectivity index (χ0) is 14.3. The number of aromatic nitrogens is 2. The highest BCUT2D eigenvalue weighted by atomic mass is 32.1. The van der Waals surface area contributed by atoms with E-state index in [4.69, 9.17) is 5.11 Å². The van der Waals surface area contributed by atoms with Crippen molar-refractivity contribution in [3.8, 4) is 11.3 Å². The van der Waals surface area contributed by atoms with Gasteiger partial charge in [-0.25, -0.2) is 4.98 Å². The van der Waals surface area contributed by atoms with E-state index in [0.29, 0.717) is 0 Å². The number of hydrogen-bond acceptors (Lipinski definition) is 3. The zero-order valence-corrected chi connectivity index (χ0v) is 12.1. The average Bonchev–Trinajstić information content (AvgIpc) is 2.92. The number of hydrogen-bond donors (Lipinski definition) is 1. The maximum absolute atomic E-state index is 10.9. The van der Waals surface area contributed by atoms with Crippen LogP contribution in [0, 0.1) is 13.8 Å². The molecule has 3 rings (SSSR count). The van der Waals surface area contributed by atoms with Crippen LogP contribution in [0.5, 0.6) is 0 Å². The molecule has 0 unspecified atom stereocenters. The number of rotatable bonds is 3. The lowest BCUT2D eigenvalue weighted by atomic mass is 10.1. The largest absolute Gasteiger partial charge is 0.481 e. The van der Waals surface area contributed by atoms with Crippen molar-refractivity contribution in [1.29, 1.82) is 0 Å². The molecule has 0 bridgehead atoms. The summed E-state index contributed by atoms with van der Waals surface area (Å²) in [6.07, 6.45) is 0.0184. The Kier molecular flexibility index (Phi) is 3.06. The van der Waals surface area contributed by atoms with E-state index in [1.54, 1.807) is 0 Å². The molecule has 5 heteroatoms. The van der Waals surface area contributed by atoms with Gasteiger partial charge in [0.2, 0.25) is 0 Å². The van der Waals surface area contributed by atoms with Gasteiger partial charge in [0, 0.05) is 22.3 Å². The van der Waals surface area contributed by atoms with Crippen LogP contribution >= 0.6 is 11.3 Å². The van der Waals surface area contributed by atoms with Gasteiger partial charge >= 0.3 is 5.97 Å². The SMILES string of the molecule is Cc1ccc(-c2nc3scc(CC(=O)O)n3c2C)cc1. The first-order chi connectivity index (χ1) is 9.56. The molecule has 0 saturated carbocycles. The predicted octanol–water partition coefficient (Wildman–Crippen LogP) is 3.31. The van der Waals surface area contributed by atoms with Gasteiger partial charge in [-0.1, -0.05) is 29.8 Å². The molecule has 0 aliphatic heterocycles. The van der Waals surface area contributed by atoms with Crippen molar-refractivity contribution in [2.75, 3.05) is 0 Å². The third-order valence-corrected chi connectivity index (χ3v) is 4.20. The van der Waals surface area contributed by atoms with Gasteiger partial charge in [0.15, 0.2) is 4.96 Å². The van der Waals surface area contributed by atoms with Crippen molar-refractivity contribution < 1.29 is 9.90 Å². The van der Waals surface area contributed by atoms with Crippen molar-refractivity contribution in [3.63, 3.8) is 0 Å². The first-order valence-electron chi connectivity index (χ1n) is 6.30. The zero-order valence-electron chi connectivity index (χ0n) is 11.3. The second-order valence-electron chi connectivity index (χ2n) is 4.83. The van der Waals surface area contributed by atoms with Gasteiger partial charge < -0.3 is 5.11 Å². The summed E-state index contributed by atoms with van der Waals surface area (Å²) in [4.78, 5) is 16.4. The van der Waals surface area contributed by atoms with E-state index in [0.717, 1.165) is 27.6 Å². The Labute approximate surface area is 120 Å². The molecule has 0 radical (unpaired) electrons. The molecule has 1 aromatic carbocycles. The first kappa shape index (κ1) is 12.9. The van der Waals surface area contributed by atoms with E-state index in [9.17, 15) is 4.79 Å². The lowest BCUT2D eigenvalue weighted by molar-refractivity contribution is -0.136. The lowest BCUT2D eigenvalue weighted by Gasteiger charge is -2.02. The Balaban J connectivity index is 2.14. The van der Waals surface area contributed by atoms with Crippen LogP contribution in [0.2, 0.25) is 0 Å². The monoisotopic (exact) mass is 286 g/mol. The van der Waals surface area contributed by atoms with Crippen LogP contribution in [-0.4, -0.2) is 20.5 Å². The van der Waals surface area contributed by atoms with Gasteiger partial charge in [0.05, 0.1) is 12.1 Å². The molecule has 0 amide bonds. The minimum Gasteiger partial charge on any atom is -0.481 e. The average molecular weight is 286 g/mol. The summed E-state index contributed by atoms with van der Waals surface area (Å²) in [5, 5.41) is 10.8. The van der Waals surface area contributed by atoms with Crippen LogP contribution in [0.3, 0.4) is 0 Å². The van der Waals surface area contributed by atoms with E-state index in [1.165, 1.54) is 16.9 Å². The van der Waals surface area contributed by atoms with Crippen LogP contribution < -0.4 is 0 Å². The molecule has 0 spiro atoms. The summed E-state index contributed by atoms with van der Waals surface area (Å²) in [5.74, 6) is -0.824. The van der Waals surface area contributed by atoms with Gasteiger partial charge in [0.25, 0.3) is 0 Å². The smallest absolute Gasteiger partial charge is 0.309 e. The van der Waals surface area contributed by atoms with E-state index in [1.807, 2.05) is 35.8 Å². The highest BCUT2D eigenvalue weighted by Gasteiger charge is 2.16. The highest BCUT2D eigenvalue weighted by molar-refractivity contribution is 7.15. The fraction of sp³-hybridized carbons (Fsp3) is 0.200. The van der Waals surface area contributed by atoms with E-state index in [-0.39, 0.29) is 6.42 Å². The number of nitrogens with zero attached hydrogens (tertiary/aromatic N) is 2. The fourth-order valence-corrected chi connectivity index (χ4v) is 3.26. The summed E-state index contributed by atoms with van der Waals surface area (Å²) in [7, 11) is 0. The molecule has 2 heterocycles. The minimum atomic E-state index is -0.824. The molecular formula is C15H14N2O2S. The van der Waals surface area contributed by atoms with Crippen LogP contribution in [0.25, 0.3) is 16.2 Å². The van der Waals surface area contributed by atoms with Gasteiger partial charge in [0.1, 0.15) is 0 Å². The van der Waals surface area contributed by atoms with Crippen LogP contribution in [-0.2, 0) is 11.2 Å². The lowest BCUT2D eigenvalue weighted by Crippen LogP contribution is -2.03. The Morgan fingerprint density at radius 3 is 2.65 bits per heavy atom. The molecule has 0 aliphatic rings. The number of carboxylic acid groups (broad SMARTS) is 1. The number of aryl methyl sites for hydroxylation is 2. The molecule has 102 valence electrons. The van der Waals surface area contributed by atoms with Crippen molar-refractivity contribution in [1.82, 2.24) is 9.38 Å². The molecular weight excluding hydrogens is 272 g/mol.